The van der Waals surface area contributed by atoms with Crippen LogP contribution in [0.1, 0.15) is 37.6 Å². The molecule has 0 atom stereocenters. The van der Waals surface area contributed by atoms with Crippen LogP contribution < -0.4 is 17.0 Å². The molecule has 0 radical (unpaired) electrons. The van der Waals surface area contributed by atoms with Crippen LogP contribution in [0.5, 0.6) is 0 Å². The Hall–Kier alpha value is -2.52. The van der Waals surface area contributed by atoms with E-state index in [-0.39, 0.29) is 23.1 Å². The normalized spacial score (nSPS) is 11.5. The maximum atomic E-state index is 12.9. The van der Waals surface area contributed by atoms with Gasteiger partial charge in [0.1, 0.15) is 11.4 Å². The van der Waals surface area contributed by atoms with Crippen molar-refractivity contribution in [3.8, 4) is 0 Å². The average molecular weight is 450 g/mol. The SMILES string of the molecule is CCCn1c(SCC(=O)c2c(N)n(CC(C)C)c(=O)[nH]c2=O)nc2cc(Cl)ccc21. The fourth-order valence-electron chi connectivity index (χ4n) is 3.24. The van der Waals surface area contributed by atoms with Gasteiger partial charge < -0.3 is 10.3 Å². The standard InChI is InChI=1S/C20H24ClN5O3S/c1-4-7-25-14-6-5-12(21)8-13(14)23-20(25)30-10-15(27)16-17(22)26(9-11(2)3)19(29)24-18(16)28/h5-6,8,11H,4,7,9-10,22H2,1-3H3,(H,24,28,29). The van der Waals surface area contributed by atoms with Crippen LogP contribution in [-0.4, -0.2) is 30.6 Å². The van der Waals surface area contributed by atoms with Gasteiger partial charge in [-0.15, -0.1) is 0 Å². The number of aryl methyl sites for hydroxylation is 1. The van der Waals surface area contributed by atoms with Crippen LogP contribution >= 0.6 is 23.4 Å². The second kappa shape index (κ2) is 9.09. The maximum Gasteiger partial charge on any atom is 0.329 e. The molecule has 30 heavy (non-hydrogen) atoms. The number of hydrogen-bond donors (Lipinski definition) is 2. The predicted molar refractivity (Wildman–Crippen MR) is 121 cm³/mol. The maximum absolute atomic E-state index is 12.9. The molecule has 1 aromatic carbocycles. The number of anilines is 1. The van der Waals surface area contributed by atoms with Crippen molar-refractivity contribution in [1.29, 1.82) is 0 Å². The van der Waals surface area contributed by atoms with Gasteiger partial charge in [-0.25, -0.2) is 9.78 Å². The molecule has 160 valence electrons. The quantitative estimate of drug-likeness (QED) is 0.403. The van der Waals surface area contributed by atoms with Gasteiger partial charge in [0.15, 0.2) is 10.9 Å². The summed E-state index contributed by atoms with van der Waals surface area (Å²) in [6, 6.07) is 5.48. The van der Waals surface area contributed by atoms with Crippen molar-refractivity contribution in [3.63, 3.8) is 0 Å². The first-order valence-electron chi connectivity index (χ1n) is 9.67. The van der Waals surface area contributed by atoms with Crippen molar-refractivity contribution in [2.45, 2.75) is 45.4 Å². The summed E-state index contributed by atoms with van der Waals surface area (Å²) in [6.07, 6.45) is 0.891. The summed E-state index contributed by atoms with van der Waals surface area (Å²) < 4.78 is 3.26. The Kier molecular flexibility index (Phi) is 6.72. The van der Waals surface area contributed by atoms with E-state index in [4.69, 9.17) is 17.3 Å². The molecule has 3 aromatic rings. The minimum atomic E-state index is -0.767. The molecule has 0 fully saturated rings. The van der Waals surface area contributed by atoms with Crippen LogP contribution in [0.3, 0.4) is 0 Å². The number of fused-ring (bicyclic) bond motifs is 1. The van der Waals surface area contributed by atoms with Gasteiger partial charge in [0.25, 0.3) is 5.56 Å². The number of Topliss-reactive ketones (excluding diaryl/α,β-unsaturated/α-hetero) is 1. The first-order valence-corrected chi connectivity index (χ1v) is 11.0. The monoisotopic (exact) mass is 449 g/mol. The lowest BCUT2D eigenvalue weighted by Gasteiger charge is -2.13. The molecule has 0 spiro atoms. The topological polar surface area (TPSA) is 116 Å². The van der Waals surface area contributed by atoms with Crippen molar-refractivity contribution < 1.29 is 4.79 Å². The van der Waals surface area contributed by atoms with E-state index in [0.29, 0.717) is 16.7 Å². The molecule has 0 bridgehead atoms. The highest BCUT2D eigenvalue weighted by Crippen LogP contribution is 2.27. The molecule has 0 saturated carbocycles. The number of nitrogens with one attached hydrogen (secondary N) is 1. The number of aromatic amines is 1. The predicted octanol–water partition coefficient (Wildman–Crippen LogP) is 3.16. The Morgan fingerprint density at radius 1 is 1.30 bits per heavy atom. The number of carbonyl (C=O) groups is 1. The summed E-state index contributed by atoms with van der Waals surface area (Å²) in [5.74, 6) is -0.469. The Bertz CT molecular complexity index is 1210. The highest BCUT2D eigenvalue weighted by Gasteiger charge is 2.21. The summed E-state index contributed by atoms with van der Waals surface area (Å²) in [7, 11) is 0. The Balaban J connectivity index is 1.92. The van der Waals surface area contributed by atoms with Crippen LogP contribution in [0, 0.1) is 5.92 Å². The van der Waals surface area contributed by atoms with Crippen molar-refractivity contribution in [2.24, 2.45) is 5.92 Å². The lowest BCUT2D eigenvalue weighted by Crippen LogP contribution is -2.37. The van der Waals surface area contributed by atoms with Gasteiger partial charge in [0.2, 0.25) is 0 Å². The molecular formula is C20H24ClN5O3S. The van der Waals surface area contributed by atoms with Crippen LogP contribution in [-0.2, 0) is 13.1 Å². The largest absolute Gasteiger partial charge is 0.384 e. The summed E-state index contributed by atoms with van der Waals surface area (Å²) in [4.78, 5) is 44.0. The summed E-state index contributed by atoms with van der Waals surface area (Å²) >= 11 is 7.30. The van der Waals surface area contributed by atoms with Gasteiger partial charge in [0, 0.05) is 18.1 Å². The van der Waals surface area contributed by atoms with Gasteiger partial charge in [-0.05, 0) is 30.5 Å². The molecule has 8 nitrogen and oxygen atoms in total. The highest BCUT2D eigenvalue weighted by atomic mass is 35.5. The van der Waals surface area contributed by atoms with Gasteiger partial charge in [-0.2, -0.15) is 0 Å². The third kappa shape index (κ3) is 4.46. The van der Waals surface area contributed by atoms with Gasteiger partial charge in [-0.3, -0.25) is 19.1 Å². The number of nitrogen functional groups attached to an aromatic ring is 1. The van der Waals surface area contributed by atoms with E-state index in [9.17, 15) is 14.4 Å². The first kappa shape index (κ1) is 22.2. The average Bonchev–Trinajstić information content (AvgIpc) is 3.00. The molecule has 10 heteroatoms. The first-order chi connectivity index (χ1) is 14.2. The zero-order valence-corrected chi connectivity index (χ0v) is 18.6. The second-order valence-corrected chi connectivity index (χ2v) is 8.79. The Morgan fingerprint density at radius 3 is 2.70 bits per heavy atom. The van der Waals surface area contributed by atoms with E-state index >= 15 is 0 Å². The molecule has 3 N–H and O–H groups in total. The summed E-state index contributed by atoms with van der Waals surface area (Å²) in [6.45, 7) is 6.93. The minimum Gasteiger partial charge on any atom is -0.384 e. The zero-order chi connectivity index (χ0) is 22.0. The third-order valence-electron chi connectivity index (χ3n) is 4.52. The molecule has 0 amide bonds. The number of nitrogens with two attached hydrogens (primary N) is 1. The lowest BCUT2D eigenvalue weighted by molar-refractivity contribution is 0.102. The van der Waals surface area contributed by atoms with Crippen LogP contribution in [0.25, 0.3) is 11.0 Å². The van der Waals surface area contributed by atoms with E-state index < -0.39 is 17.0 Å². The molecule has 3 rings (SSSR count). The number of hydrogen-bond acceptors (Lipinski definition) is 6. The number of ketones is 1. The fourth-order valence-corrected chi connectivity index (χ4v) is 4.32. The van der Waals surface area contributed by atoms with E-state index in [2.05, 4.69) is 16.9 Å². The Labute approximate surface area is 182 Å². The van der Waals surface area contributed by atoms with Crippen molar-refractivity contribution in [2.75, 3.05) is 11.5 Å². The van der Waals surface area contributed by atoms with Gasteiger partial charge in [-0.1, -0.05) is 44.1 Å². The molecule has 0 saturated heterocycles. The van der Waals surface area contributed by atoms with Crippen LogP contribution in [0.4, 0.5) is 5.82 Å². The molecule has 2 aromatic heterocycles. The fraction of sp³-hybridized carbons (Fsp3) is 0.400. The van der Waals surface area contributed by atoms with E-state index in [1.165, 1.54) is 16.3 Å². The number of aromatic nitrogens is 4. The molecule has 2 heterocycles. The zero-order valence-electron chi connectivity index (χ0n) is 17.1. The number of carbonyl (C=O) groups excluding carboxylic acids is 1. The summed E-state index contributed by atoms with van der Waals surface area (Å²) in [5, 5.41) is 1.25. The highest BCUT2D eigenvalue weighted by molar-refractivity contribution is 7.99. The minimum absolute atomic E-state index is 0.0338. The number of rotatable bonds is 8. The van der Waals surface area contributed by atoms with E-state index in [1.54, 1.807) is 12.1 Å². The van der Waals surface area contributed by atoms with Crippen LogP contribution in [0.15, 0.2) is 32.9 Å². The molecule has 0 aliphatic rings. The molecule has 0 unspecified atom stereocenters. The number of halogens is 1. The molecule has 0 aliphatic heterocycles. The van der Waals surface area contributed by atoms with Gasteiger partial charge >= 0.3 is 5.69 Å². The number of thioether (sulfide) groups is 1. The second-order valence-electron chi connectivity index (χ2n) is 7.41. The van der Waals surface area contributed by atoms with Crippen LogP contribution in [0.2, 0.25) is 5.02 Å². The lowest BCUT2D eigenvalue weighted by atomic mass is 10.2. The number of H-pyrrole nitrogens is 1. The van der Waals surface area contributed by atoms with Gasteiger partial charge in [0.05, 0.1) is 16.8 Å². The van der Waals surface area contributed by atoms with Crippen molar-refractivity contribution in [1.82, 2.24) is 19.1 Å². The van der Waals surface area contributed by atoms with Crippen molar-refractivity contribution in [3.05, 3.63) is 49.6 Å². The summed E-state index contributed by atoms with van der Waals surface area (Å²) in [5.41, 5.74) is 6.14. The third-order valence-corrected chi connectivity index (χ3v) is 5.73. The molecule has 0 aliphatic carbocycles. The van der Waals surface area contributed by atoms with E-state index in [1.807, 2.05) is 24.5 Å². The van der Waals surface area contributed by atoms with E-state index in [0.717, 1.165) is 24.0 Å². The molecular weight excluding hydrogens is 426 g/mol. The number of nitrogens with zero attached hydrogens (tertiary/aromatic N) is 3. The number of imidazole rings is 1. The Morgan fingerprint density at radius 2 is 2.03 bits per heavy atom. The number of benzene rings is 1. The van der Waals surface area contributed by atoms with Crippen molar-refractivity contribution >= 4 is 46.0 Å². The smallest absolute Gasteiger partial charge is 0.329 e.